The number of carbonyl (C=O) groups is 2. The van der Waals surface area contributed by atoms with Gasteiger partial charge in [-0.25, -0.2) is 17.2 Å². The van der Waals surface area contributed by atoms with Gasteiger partial charge in [0.2, 0.25) is 11.8 Å². The van der Waals surface area contributed by atoms with Crippen molar-refractivity contribution in [1.29, 1.82) is 0 Å². The van der Waals surface area contributed by atoms with Gasteiger partial charge in [0.25, 0.3) is 10.0 Å². The van der Waals surface area contributed by atoms with Crippen LogP contribution in [-0.4, -0.2) is 43.8 Å². The standard InChI is InChI=1S/C30H35F2N3O4S/c1-5-22(4)33-30(37)27(6-2)34(19-23-13-15-24(31)16-14-23)29(36)20-35(28-10-8-7-9-26(28)32)40(38,39)25-17-11-21(3)12-18-25/h7-18,22,27H,5-6,19-20H2,1-4H3,(H,33,37)/t22-,27+/m1/s1. The monoisotopic (exact) mass is 571 g/mol. The van der Waals surface area contributed by atoms with Gasteiger partial charge in [-0.05, 0) is 68.7 Å². The highest BCUT2D eigenvalue weighted by atomic mass is 32.2. The van der Waals surface area contributed by atoms with Gasteiger partial charge < -0.3 is 10.2 Å². The minimum atomic E-state index is -4.38. The van der Waals surface area contributed by atoms with Crippen molar-refractivity contribution in [3.63, 3.8) is 0 Å². The summed E-state index contributed by atoms with van der Waals surface area (Å²) in [5.41, 5.74) is 1.08. The molecule has 214 valence electrons. The summed E-state index contributed by atoms with van der Waals surface area (Å²) < 4.78 is 56.8. The van der Waals surface area contributed by atoms with Crippen molar-refractivity contribution in [2.45, 2.75) is 64.1 Å². The molecule has 0 heterocycles. The second-order valence-corrected chi connectivity index (χ2v) is 11.5. The maximum Gasteiger partial charge on any atom is 0.264 e. The first-order chi connectivity index (χ1) is 19.0. The number of rotatable bonds is 12. The number of nitrogens with one attached hydrogen (secondary N) is 1. The third-order valence-electron chi connectivity index (χ3n) is 6.66. The van der Waals surface area contributed by atoms with E-state index in [1.807, 2.05) is 13.8 Å². The van der Waals surface area contributed by atoms with Crippen LogP contribution >= 0.6 is 0 Å². The van der Waals surface area contributed by atoms with Crippen molar-refractivity contribution < 1.29 is 26.8 Å². The Labute approximate surface area is 234 Å². The van der Waals surface area contributed by atoms with Crippen molar-refractivity contribution in [2.75, 3.05) is 10.8 Å². The summed E-state index contributed by atoms with van der Waals surface area (Å²) in [6.07, 6.45) is 0.906. The average Bonchev–Trinajstić information content (AvgIpc) is 2.93. The molecule has 0 unspecified atom stereocenters. The minimum Gasteiger partial charge on any atom is -0.352 e. The summed E-state index contributed by atoms with van der Waals surface area (Å²) in [7, 11) is -4.38. The highest BCUT2D eigenvalue weighted by molar-refractivity contribution is 7.92. The van der Waals surface area contributed by atoms with Gasteiger partial charge in [0.1, 0.15) is 24.2 Å². The van der Waals surface area contributed by atoms with Gasteiger partial charge in [0.05, 0.1) is 10.6 Å². The zero-order valence-corrected chi connectivity index (χ0v) is 23.9. The summed E-state index contributed by atoms with van der Waals surface area (Å²) >= 11 is 0. The molecule has 0 bridgehead atoms. The summed E-state index contributed by atoms with van der Waals surface area (Å²) in [5, 5.41) is 2.88. The van der Waals surface area contributed by atoms with E-state index in [9.17, 15) is 26.8 Å². The van der Waals surface area contributed by atoms with Crippen LogP contribution in [0.25, 0.3) is 0 Å². The van der Waals surface area contributed by atoms with E-state index >= 15 is 0 Å². The Morgan fingerprint density at radius 3 is 2.10 bits per heavy atom. The molecule has 0 aliphatic carbocycles. The molecule has 1 N–H and O–H groups in total. The number of aryl methyl sites for hydroxylation is 1. The number of anilines is 1. The normalized spacial score (nSPS) is 12.8. The molecule has 0 spiro atoms. The number of amides is 2. The molecule has 40 heavy (non-hydrogen) atoms. The third kappa shape index (κ3) is 7.44. The first-order valence-corrected chi connectivity index (χ1v) is 14.6. The van der Waals surface area contributed by atoms with Crippen molar-refractivity contribution in [3.05, 3.63) is 95.6 Å². The van der Waals surface area contributed by atoms with Crippen LogP contribution in [0.15, 0.2) is 77.7 Å². The molecule has 3 rings (SSSR count). The Morgan fingerprint density at radius 2 is 1.52 bits per heavy atom. The largest absolute Gasteiger partial charge is 0.352 e. The van der Waals surface area contributed by atoms with Crippen LogP contribution in [0.4, 0.5) is 14.5 Å². The molecule has 2 atom stereocenters. The molecule has 10 heteroatoms. The fourth-order valence-corrected chi connectivity index (χ4v) is 5.57. The van der Waals surface area contributed by atoms with E-state index in [-0.39, 0.29) is 29.6 Å². The Bertz CT molecular complexity index is 1410. The van der Waals surface area contributed by atoms with Crippen molar-refractivity contribution in [3.8, 4) is 0 Å². The fourth-order valence-electron chi connectivity index (χ4n) is 4.15. The zero-order valence-electron chi connectivity index (χ0n) is 23.1. The Morgan fingerprint density at radius 1 is 0.900 bits per heavy atom. The van der Waals surface area contributed by atoms with Crippen LogP contribution in [0.5, 0.6) is 0 Å². The molecule has 2 amide bonds. The summed E-state index contributed by atoms with van der Waals surface area (Å²) in [6, 6.07) is 15.7. The van der Waals surface area contributed by atoms with Gasteiger partial charge in [-0.1, -0.05) is 55.8 Å². The molecule has 0 saturated heterocycles. The minimum absolute atomic E-state index is 0.0821. The molecular formula is C30H35F2N3O4S. The number of halogens is 2. The van der Waals surface area contributed by atoms with Crippen molar-refractivity contribution in [1.82, 2.24) is 10.2 Å². The number of hydrogen-bond donors (Lipinski definition) is 1. The summed E-state index contributed by atoms with van der Waals surface area (Å²) in [4.78, 5) is 28.3. The zero-order chi connectivity index (χ0) is 29.4. The number of sulfonamides is 1. The van der Waals surface area contributed by atoms with Gasteiger partial charge in [-0.15, -0.1) is 0 Å². The molecule has 0 fully saturated rings. The maximum atomic E-state index is 15.0. The van der Waals surface area contributed by atoms with Gasteiger partial charge >= 0.3 is 0 Å². The second-order valence-electron chi connectivity index (χ2n) is 9.67. The number of nitrogens with zero attached hydrogens (tertiary/aromatic N) is 2. The predicted molar refractivity (Wildman–Crippen MR) is 151 cm³/mol. The van der Waals surface area contributed by atoms with E-state index < -0.39 is 46.1 Å². The van der Waals surface area contributed by atoms with E-state index in [1.165, 1.54) is 59.5 Å². The molecular weight excluding hydrogens is 536 g/mol. The van der Waals surface area contributed by atoms with E-state index in [0.717, 1.165) is 15.9 Å². The number of para-hydroxylation sites is 1. The average molecular weight is 572 g/mol. The lowest BCUT2D eigenvalue weighted by Crippen LogP contribution is -2.53. The molecule has 0 radical (unpaired) electrons. The van der Waals surface area contributed by atoms with Crippen LogP contribution in [-0.2, 0) is 26.2 Å². The molecule has 0 aliphatic rings. The smallest absolute Gasteiger partial charge is 0.264 e. The molecule has 0 aromatic heterocycles. The van der Waals surface area contributed by atoms with Crippen LogP contribution in [0.3, 0.4) is 0 Å². The molecule has 3 aromatic rings. The van der Waals surface area contributed by atoms with Crippen LogP contribution in [0.1, 0.15) is 44.7 Å². The number of carbonyl (C=O) groups excluding carboxylic acids is 2. The van der Waals surface area contributed by atoms with Crippen LogP contribution in [0.2, 0.25) is 0 Å². The Hall–Kier alpha value is -3.79. The van der Waals surface area contributed by atoms with Crippen molar-refractivity contribution >= 4 is 27.5 Å². The first-order valence-electron chi connectivity index (χ1n) is 13.2. The molecule has 0 aliphatic heterocycles. The Balaban J connectivity index is 2.06. The lowest BCUT2D eigenvalue weighted by molar-refractivity contribution is -0.140. The second kappa shape index (κ2) is 13.5. The van der Waals surface area contributed by atoms with Gasteiger partial charge in [-0.3, -0.25) is 13.9 Å². The molecule has 0 saturated carbocycles. The molecule has 3 aromatic carbocycles. The van der Waals surface area contributed by atoms with E-state index in [4.69, 9.17) is 0 Å². The predicted octanol–water partition coefficient (Wildman–Crippen LogP) is 5.19. The lowest BCUT2D eigenvalue weighted by atomic mass is 10.1. The van der Waals surface area contributed by atoms with E-state index in [1.54, 1.807) is 26.0 Å². The quantitative estimate of drug-likeness (QED) is 0.324. The highest BCUT2D eigenvalue weighted by Crippen LogP contribution is 2.27. The number of benzene rings is 3. The van der Waals surface area contributed by atoms with Gasteiger partial charge in [0, 0.05) is 12.6 Å². The Kier molecular flexibility index (Phi) is 10.4. The summed E-state index contributed by atoms with van der Waals surface area (Å²) in [6.45, 7) is 6.45. The number of hydrogen-bond acceptors (Lipinski definition) is 4. The fraction of sp³-hybridized carbons (Fsp3) is 0.333. The third-order valence-corrected chi connectivity index (χ3v) is 8.44. The maximum absolute atomic E-state index is 15.0. The van der Waals surface area contributed by atoms with E-state index in [0.29, 0.717) is 12.0 Å². The first kappa shape index (κ1) is 30.7. The van der Waals surface area contributed by atoms with Crippen LogP contribution in [0, 0.1) is 18.6 Å². The SMILES string of the molecule is CC[C@@H](C)NC(=O)[C@H](CC)N(Cc1ccc(F)cc1)C(=O)CN(c1ccccc1F)S(=O)(=O)c1ccc(C)cc1. The van der Waals surface area contributed by atoms with E-state index in [2.05, 4.69) is 5.32 Å². The van der Waals surface area contributed by atoms with Crippen molar-refractivity contribution in [2.24, 2.45) is 0 Å². The molecule has 7 nitrogen and oxygen atoms in total. The lowest BCUT2D eigenvalue weighted by Gasteiger charge is -2.33. The van der Waals surface area contributed by atoms with Gasteiger partial charge in [0.15, 0.2) is 0 Å². The highest BCUT2D eigenvalue weighted by Gasteiger charge is 2.34. The topological polar surface area (TPSA) is 86.8 Å². The summed E-state index contributed by atoms with van der Waals surface area (Å²) in [5.74, 6) is -2.39. The van der Waals surface area contributed by atoms with Crippen LogP contribution < -0.4 is 9.62 Å². The van der Waals surface area contributed by atoms with Gasteiger partial charge in [-0.2, -0.15) is 0 Å².